The highest BCUT2D eigenvalue weighted by atomic mass is 14.6. The van der Waals surface area contributed by atoms with Crippen LogP contribution in [0.4, 0.5) is 0 Å². The molecule has 3 rings (SSSR count). The van der Waals surface area contributed by atoms with Gasteiger partial charge in [-0.1, -0.05) is 13.3 Å². The summed E-state index contributed by atoms with van der Waals surface area (Å²) in [5.41, 5.74) is 7.18. The van der Waals surface area contributed by atoms with Crippen LogP contribution in [0.5, 0.6) is 0 Å². The van der Waals surface area contributed by atoms with Gasteiger partial charge in [-0.25, -0.2) is 0 Å². The lowest BCUT2D eigenvalue weighted by Gasteiger charge is -2.54. The third-order valence-corrected chi connectivity index (χ3v) is 5.01. The molecule has 3 aliphatic rings. The lowest BCUT2D eigenvalue weighted by molar-refractivity contribution is -0.0181. The van der Waals surface area contributed by atoms with Crippen molar-refractivity contribution in [3.05, 3.63) is 0 Å². The molecule has 0 unspecified atom stereocenters. The Labute approximate surface area is 88.4 Å². The van der Waals surface area contributed by atoms with Crippen LogP contribution in [0.3, 0.4) is 0 Å². The average molecular weight is 195 g/mol. The Kier molecular flexibility index (Phi) is 2.88. The molecule has 0 saturated heterocycles. The van der Waals surface area contributed by atoms with E-state index in [0.717, 1.165) is 12.0 Å². The molecule has 2 bridgehead atoms. The van der Waals surface area contributed by atoms with Gasteiger partial charge in [0.15, 0.2) is 0 Å². The molecule has 1 heteroatoms. The van der Waals surface area contributed by atoms with E-state index in [1.54, 1.807) is 0 Å². The third kappa shape index (κ3) is 1.71. The molecule has 1 nitrogen and oxygen atoms in total. The van der Waals surface area contributed by atoms with Crippen LogP contribution in [-0.2, 0) is 0 Å². The highest BCUT2D eigenvalue weighted by molar-refractivity contribution is 4.99. The van der Waals surface area contributed by atoms with E-state index in [4.69, 9.17) is 5.73 Å². The molecular formula is C13H25N. The van der Waals surface area contributed by atoms with Gasteiger partial charge in [-0.2, -0.15) is 0 Å². The summed E-state index contributed by atoms with van der Waals surface area (Å²) in [6.07, 6.45) is 13.1. The zero-order chi connectivity index (χ0) is 10.1. The lowest BCUT2D eigenvalue weighted by Crippen LogP contribution is -2.42. The summed E-state index contributed by atoms with van der Waals surface area (Å²) in [5, 5.41) is 0. The van der Waals surface area contributed by atoms with Gasteiger partial charge in [0.05, 0.1) is 0 Å². The van der Waals surface area contributed by atoms with Crippen molar-refractivity contribution >= 4 is 0 Å². The fraction of sp³-hybridized carbons (Fsp3) is 1.00. The van der Waals surface area contributed by atoms with Crippen molar-refractivity contribution in [3.8, 4) is 0 Å². The predicted molar refractivity (Wildman–Crippen MR) is 61.1 cm³/mol. The number of fused-ring (bicyclic) bond motifs is 3. The molecule has 0 aromatic heterocycles. The van der Waals surface area contributed by atoms with Gasteiger partial charge in [-0.05, 0) is 68.7 Å². The van der Waals surface area contributed by atoms with Crippen molar-refractivity contribution < 1.29 is 0 Å². The van der Waals surface area contributed by atoms with Crippen LogP contribution in [0.25, 0.3) is 0 Å². The Hall–Kier alpha value is -0.0400. The highest BCUT2D eigenvalue weighted by Crippen LogP contribution is 2.59. The van der Waals surface area contributed by atoms with Gasteiger partial charge >= 0.3 is 0 Å². The first-order valence-electron chi connectivity index (χ1n) is 6.44. The molecule has 14 heavy (non-hydrogen) atoms. The van der Waals surface area contributed by atoms with E-state index < -0.39 is 0 Å². The monoisotopic (exact) mass is 195 g/mol. The second-order valence-electron chi connectivity index (χ2n) is 5.79. The van der Waals surface area contributed by atoms with Crippen LogP contribution >= 0.6 is 0 Å². The molecule has 0 heterocycles. The van der Waals surface area contributed by atoms with Crippen LogP contribution < -0.4 is 5.73 Å². The summed E-state index contributed by atoms with van der Waals surface area (Å²) >= 11 is 0. The summed E-state index contributed by atoms with van der Waals surface area (Å²) in [6.45, 7) is 3.24. The van der Waals surface area contributed by atoms with Crippen molar-refractivity contribution in [1.29, 1.82) is 0 Å². The topological polar surface area (TPSA) is 26.0 Å². The molecule has 3 fully saturated rings. The zero-order valence-corrected chi connectivity index (χ0v) is 9.65. The molecular weight excluding hydrogens is 170 g/mol. The summed E-state index contributed by atoms with van der Waals surface area (Å²) in [7, 11) is 0. The Bertz CT molecular complexity index is 151. The molecule has 3 aliphatic carbocycles. The molecule has 2 N–H and O–H groups in total. The van der Waals surface area contributed by atoms with Gasteiger partial charge in [0.1, 0.15) is 0 Å². The minimum Gasteiger partial charge on any atom is -0.330 e. The van der Waals surface area contributed by atoms with Crippen molar-refractivity contribution in [2.24, 2.45) is 16.6 Å². The Morgan fingerprint density at radius 3 is 1.64 bits per heavy atom. The quantitative estimate of drug-likeness (QED) is 0.730. The Morgan fingerprint density at radius 2 is 1.29 bits per heavy atom. The maximum Gasteiger partial charge on any atom is -0.00720 e. The smallest absolute Gasteiger partial charge is 0.00720 e. The van der Waals surface area contributed by atoms with E-state index in [0.29, 0.717) is 5.41 Å². The molecule has 0 amide bonds. The van der Waals surface area contributed by atoms with Gasteiger partial charge in [0.25, 0.3) is 0 Å². The second kappa shape index (κ2) is 3.84. The molecule has 0 atom stereocenters. The van der Waals surface area contributed by atoms with Gasteiger partial charge in [0, 0.05) is 0 Å². The Morgan fingerprint density at radius 1 is 0.857 bits per heavy atom. The maximum atomic E-state index is 5.73. The first-order valence-corrected chi connectivity index (χ1v) is 6.44. The number of rotatable bonds is 4. The SMILES string of the molecule is CCCC12CCC(CCN)(CC1)CC2. The van der Waals surface area contributed by atoms with E-state index in [2.05, 4.69) is 6.92 Å². The summed E-state index contributed by atoms with van der Waals surface area (Å²) < 4.78 is 0. The zero-order valence-electron chi connectivity index (χ0n) is 9.65. The van der Waals surface area contributed by atoms with E-state index in [9.17, 15) is 0 Å². The van der Waals surface area contributed by atoms with E-state index in [-0.39, 0.29) is 0 Å². The molecule has 0 aromatic carbocycles. The lowest BCUT2D eigenvalue weighted by atomic mass is 9.52. The minimum atomic E-state index is 0.685. The van der Waals surface area contributed by atoms with E-state index in [1.165, 1.54) is 57.8 Å². The normalized spacial score (nSPS) is 41.6. The van der Waals surface area contributed by atoms with Crippen LogP contribution in [-0.4, -0.2) is 6.54 Å². The van der Waals surface area contributed by atoms with E-state index in [1.807, 2.05) is 0 Å². The molecule has 0 radical (unpaired) electrons. The molecule has 82 valence electrons. The van der Waals surface area contributed by atoms with Crippen LogP contribution in [0, 0.1) is 10.8 Å². The standard InChI is InChI=1S/C13H25N/c1-2-3-12-4-7-13(8-5-12,9-6-12)10-11-14/h2-11,14H2,1H3. The predicted octanol–water partition coefficient (Wildman–Crippen LogP) is 3.48. The van der Waals surface area contributed by atoms with Crippen molar-refractivity contribution in [3.63, 3.8) is 0 Å². The summed E-state index contributed by atoms with van der Waals surface area (Å²) in [4.78, 5) is 0. The fourth-order valence-electron chi connectivity index (χ4n) is 3.93. The van der Waals surface area contributed by atoms with E-state index >= 15 is 0 Å². The van der Waals surface area contributed by atoms with Crippen LogP contribution in [0.1, 0.15) is 64.7 Å². The number of hydrogen-bond acceptors (Lipinski definition) is 1. The molecule has 0 spiro atoms. The fourth-order valence-corrected chi connectivity index (χ4v) is 3.93. The van der Waals surface area contributed by atoms with Crippen molar-refractivity contribution in [2.75, 3.05) is 6.54 Å². The number of nitrogens with two attached hydrogens (primary N) is 1. The average Bonchev–Trinajstić information content (AvgIpc) is 2.22. The van der Waals surface area contributed by atoms with Gasteiger partial charge in [-0.3, -0.25) is 0 Å². The van der Waals surface area contributed by atoms with Crippen molar-refractivity contribution in [1.82, 2.24) is 0 Å². The summed E-state index contributed by atoms with van der Waals surface area (Å²) in [6, 6.07) is 0. The number of hydrogen-bond donors (Lipinski definition) is 1. The maximum absolute atomic E-state index is 5.73. The van der Waals surface area contributed by atoms with Crippen LogP contribution in [0.2, 0.25) is 0 Å². The van der Waals surface area contributed by atoms with Gasteiger partial charge in [0.2, 0.25) is 0 Å². The molecule has 3 saturated carbocycles. The third-order valence-electron chi connectivity index (χ3n) is 5.01. The minimum absolute atomic E-state index is 0.685. The van der Waals surface area contributed by atoms with Crippen LogP contribution in [0.15, 0.2) is 0 Å². The summed E-state index contributed by atoms with van der Waals surface area (Å²) in [5.74, 6) is 0. The first-order chi connectivity index (χ1) is 6.74. The molecule has 0 aromatic rings. The molecule has 0 aliphatic heterocycles. The highest BCUT2D eigenvalue weighted by Gasteiger charge is 2.47. The Balaban J connectivity index is 1.98. The van der Waals surface area contributed by atoms with Gasteiger partial charge in [-0.15, -0.1) is 0 Å². The van der Waals surface area contributed by atoms with Gasteiger partial charge < -0.3 is 5.73 Å². The largest absolute Gasteiger partial charge is 0.330 e. The second-order valence-corrected chi connectivity index (χ2v) is 5.79. The van der Waals surface area contributed by atoms with Crippen molar-refractivity contribution in [2.45, 2.75) is 64.7 Å². The first kappa shape index (κ1) is 10.5.